The molecule has 0 bridgehead atoms. The van der Waals surface area contributed by atoms with Gasteiger partial charge in [-0.2, -0.15) is 0 Å². The number of esters is 1. The van der Waals surface area contributed by atoms with Crippen LogP contribution in [0.25, 0.3) is 0 Å². The van der Waals surface area contributed by atoms with Gasteiger partial charge in [-0.25, -0.2) is 9.59 Å². The predicted octanol–water partition coefficient (Wildman–Crippen LogP) is 5.79. The molecule has 2 aromatic rings. The topological polar surface area (TPSA) is 114 Å². The third-order valence-electron chi connectivity index (χ3n) is 6.83. The maximum atomic E-state index is 13.7. The number of halogens is 4. The summed E-state index contributed by atoms with van der Waals surface area (Å²) in [5, 5.41) is 1.05. The minimum Gasteiger partial charge on any atom is -0.484 e. The summed E-state index contributed by atoms with van der Waals surface area (Å²) in [6, 6.07) is 16.6. The van der Waals surface area contributed by atoms with Gasteiger partial charge >= 0.3 is 11.3 Å². The molecule has 0 saturated carbocycles. The fourth-order valence-corrected chi connectivity index (χ4v) is 6.46. The van der Waals surface area contributed by atoms with Crippen molar-refractivity contribution >= 4 is 85.6 Å². The van der Waals surface area contributed by atoms with E-state index >= 15 is 0 Å². The Morgan fingerprint density at radius 1 is 0.956 bits per heavy atom. The zero-order valence-corrected chi connectivity index (χ0v) is 28.6. The van der Waals surface area contributed by atoms with Crippen LogP contribution in [0, 0.1) is 0 Å². The highest BCUT2D eigenvalue weighted by Crippen LogP contribution is 2.38. The molecule has 0 spiro atoms. The third kappa shape index (κ3) is 10.2. The molecule has 2 atom stereocenters. The lowest BCUT2D eigenvalue weighted by atomic mass is 10.0. The van der Waals surface area contributed by atoms with Crippen LogP contribution >= 0.6 is 62.5 Å². The van der Waals surface area contributed by atoms with E-state index in [2.05, 4.69) is 21.2 Å². The van der Waals surface area contributed by atoms with Crippen LogP contribution in [0.15, 0.2) is 72.1 Å². The number of piperidine rings is 1. The molecule has 4 rings (SSSR count). The monoisotopic (exact) mass is 761 g/mol. The number of allylic oxidation sites excluding steroid dienone is 1. The van der Waals surface area contributed by atoms with Crippen molar-refractivity contribution in [3.63, 3.8) is 0 Å². The molecule has 0 aromatic heterocycles. The highest BCUT2D eigenvalue weighted by atomic mass is 79.9. The second kappa shape index (κ2) is 16.8. The lowest BCUT2D eigenvalue weighted by molar-refractivity contribution is -0.153. The Kier molecular flexibility index (Phi) is 13.1. The molecule has 2 aliphatic heterocycles. The Hall–Kier alpha value is -2.64. The largest absolute Gasteiger partial charge is 0.484 e. The zero-order chi connectivity index (χ0) is 32.4. The SMILES string of the molecule is O=C(COc1ccccc1)NC1C(=O)N(C(C(=O)OCC(Cl)(Cl)Cl)=C(CBr)N2CCCCC2)C1SC(=O)OCc1ccccc1. The number of β-lactam (4-membered cyclic amide) rings is 1. The molecule has 242 valence electrons. The number of likely N-dealkylation sites (tertiary alicyclic amines) is 2. The molecule has 2 aliphatic rings. The Bertz CT molecular complexity index is 1380. The number of thioether (sulfide) groups is 1. The van der Waals surface area contributed by atoms with E-state index in [0.29, 0.717) is 36.3 Å². The van der Waals surface area contributed by atoms with Crippen LogP contribution in [-0.4, -0.2) is 79.7 Å². The number of amides is 2. The first-order chi connectivity index (χ1) is 21.6. The molecule has 10 nitrogen and oxygen atoms in total. The number of para-hydroxylation sites is 1. The molecule has 15 heteroatoms. The van der Waals surface area contributed by atoms with E-state index in [9.17, 15) is 19.2 Å². The summed E-state index contributed by atoms with van der Waals surface area (Å²) in [5.74, 6) is -1.68. The van der Waals surface area contributed by atoms with Crippen LogP contribution in [0.1, 0.15) is 24.8 Å². The number of alkyl halides is 4. The molecular formula is C30H31BrCl3N3O7S. The lowest BCUT2D eigenvalue weighted by Gasteiger charge is -2.47. The number of hydrogen-bond acceptors (Lipinski definition) is 9. The van der Waals surface area contributed by atoms with Crippen molar-refractivity contribution in [1.82, 2.24) is 15.1 Å². The van der Waals surface area contributed by atoms with Crippen molar-refractivity contribution in [3.8, 4) is 5.75 Å². The zero-order valence-electron chi connectivity index (χ0n) is 24.0. The summed E-state index contributed by atoms with van der Waals surface area (Å²) in [7, 11) is 0. The highest BCUT2D eigenvalue weighted by Gasteiger charge is 2.54. The smallest absolute Gasteiger partial charge is 0.369 e. The lowest BCUT2D eigenvalue weighted by Crippen LogP contribution is -2.70. The first-order valence-corrected chi connectivity index (χ1v) is 17.2. The van der Waals surface area contributed by atoms with Crippen LogP contribution in [0.3, 0.4) is 0 Å². The second-order valence-electron chi connectivity index (χ2n) is 10.1. The van der Waals surface area contributed by atoms with Gasteiger partial charge in [0.25, 0.3) is 11.8 Å². The number of nitrogens with one attached hydrogen (secondary N) is 1. The first kappa shape index (κ1) is 35.2. The molecule has 45 heavy (non-hydrogen) atoms. The van der Waals surface area contributed by atoms with Gasteiger partial charge < -0.3 is 24.4 Å². The molecule has 0 radical (unpaired) electrons. The molecule has 2 fully saturated rings. The number of benzene rings is 2. The molecule has 2 aromatic carbocycles. The fourth-order valence-electron chi connectivity index (χ4n) is 4.72. The van der Waals surface area contributed by atoms with Gasteiger partial charge in [0.1, 0.15) is 30.4 Å². The molecule has 2 amide bonds. The van der Waals surface area contributed by atoms with Crippen molar-refractivity contribution in [2.75, 3.05) is 31.6 Å². The average molecular weight is 764 g/mol. The number of rotatable bonds is 12. The van der Waals surface area contributed by atoms with Gasteiger partial charge in [-0.3, -0.25) is 14.5 Å². The van der Waals surface area contributed by atoms with Gasteiger partial charge in [0.05, 0.1) is 5.70 Å². The maximum absolute atomic E-state index is 13.7. The van der Waals surface area contributed by atoms with Crippen LogP contribution in [0.4, 0.5) is 4.79 Å². The quantitative estimate of drug-likeness (QED) is 0.124. The van der Waals surface area contributed by atoms with Crippen molar-refractivity contribution in [2.45, 2.75) is 41.1 Å². The van der Waals surface area contributed by atoms with Crippen molar-refractivity contribution in [1.29, 1.82) is 0 Å². The van der Waals surface area contributed by atoms with Gasteiger partial charge in [0.15, 0.2) is 12.3 Å². The van der Waals surface area contributed by atoms with E-state index in [4.69, 9.17) is 49.0 Å². The van der Waals surface area contributed by atoms with E-state index in [0.717, 1.165) is 29.7 Å². The summed E-state index contributed by atoms with van der Waals surface area (Å²) in [6.07, 6.45) is 2.78. The Morgan fingerprint density at radius 3 is 2.22 bits per heavy atom. The molecule has 2 saturated heterocycles. The van der Waals surface area contributed by atoms with Crippen LogP contribution < -0.4 is 10.1 Å². The third-order valence-corrected chi connectivity index (χ3v) is 8.72. The molecule has 1 N–H and O–H groups in total. The van der Waals surface area contributed by atoms with Crippen LogP contribution in [0.2, 0.25) is 0 Å². The van der Waals surface area contributed by atoms with Crippen molar-refractivity contribution in [3.05, 3.63) is 77.6 Å². The summed E-state index contributed by atoms with van der Waals surface area (Å²) in [4.78, 5) is 56.4. The van der Waals surface area contributed by atoms with Crippen LogP contribution in [-0.2, 0) is 30.5 Å². The number of nitrogens with zero attached hydrogens (tertiary/aromatic N) is 2. The molecule has 0 aliphatic carbocycles. The van der Waals surface area contributed by atoms with Crippen LogP contribution in [0.5, 0.6) is 5.75 Å². The normalized spacial score (nSPS) is 18.8. The van der Waals surface area contributed by atoms with Crippen molar-refractivity contribution < 1.29 is 33.4 Å². The summed E-state index contributed by atoms with van der Waals surface area (Å²) < 4.78 is 14.4. The van der Waals surface area contributed by atoms with Crippen molar-refractivity contribution in [2.24, 2.45) is 0 Å². The van der Waals surface area contributed by atoms with Gasteiger partial charge in [-0.1, -0.05) is 99.3 Å². The Balaban J connectivity index is 1.60. The standard InChI is InChI=1S/C30H31BrCl3N3O7S/c31-16-22(36-14-8-3-9-15-36)25(28(40)44-19-30(32,33)34)37-26(39)24(35-23(38)18-42-21-12-6-2-7-13-21)27(37)45-29(41)43-17-20-10-4-1-5-11-20/h1-2,4-7,10-13,24,27H,3,8-9,14-19H2,(H,35,38). The maximum Gasteiger partial charge on any atom is 0.369 e. The van der Waals surface area contributed by atoms with E-state index in [1.807, 2.05) is 29.2 Å². The summed E-state index contributed by atoms with van der Waals surface area (Å²) >= 11 is 21.7. The summed E-state index contributed by atoms with van der Waals surface area (Å²) in [5.41, 5.74) is 1.11. The molecular weight excluding hydrogens is 733 g/mol. The number of ether oxygens (including phenoxy) is 3. The van der Waals surface area contributed by atoms with Gasteiger partial charge in [0, 0.05) is 18.4 Å². The molecule has 2 unspecified atom stereocenters. The number of hydrogen-bond donors (Lipinski definition) is 1. The fraction of sp³-hybridized carbons (Fsp3) is 0.400. The van der Waals surface area contributed by atoms with E-state index in [-0.39, 0.29) is 24.2 Å². The molecule has 2 heterocycles. The average Bonchev–Trinajstić information content (AvgIpc) is 3.04. The van der Waals surface area contributed by atoms with Gasteiger partial charge in [0.2, 0.25) is 3.79 Å². The summed E-state index contributed by atoms with van der Waals surface area (Å²) in [6.45, 7) is 0.309. The number of carbonyl (C=O) groups excluding carboxylic acids is 4. The predicted molar refractivity (Wildman–Crippen MR) is 176 cm³/mol. The Morgan fingerprint density at radius 2 is 1.60 bits per heavy atom. The minimum absolute atomic E-state index is 0.0102. The van der Waals surface area contributed by atoms with E-state index in [1.54, 1.807) is 36.4 Å². The van der Waals surface area contributed by atoms with E-state index < -0.39 is 44.9 Å². The highest BCUT2D eigenvalue weighted by molar-refractivity contribution is 9.09. The number of carbonyl (C=O) groups is 4. The minimum atomic E-state index is -1.90. The van der Waals surface area contributed by atoms with Gasteiger partial charge in [-0.05, 0) is 48.7 Å². The second-order valence-corrected chi connectivity index (χ2v) is 14.2. The first-order valence-electron chi connectivity index (χ1n) is 14.0. The van der Waals surface area contributed by atoms with Gasteiger partial charge in [-0.15, -0.1) is 0 Å². The van der Waals surface area contributed by atoms with E-state index in [1.165, 1.54) is 0 Å². The Labute approximate surface area is 288 Å².